The van der Waals surface area contributed by atoms with Crippen LogP contribution in [-0.2, 0) is 4.79 Å². The first-order valence-electron chi connectivity index (χ1n) is 11.2. The van der Waals surface area contributed by atoms with E-state index in [0.717, 1.165) is 25.4 Å². The highest BCUT2D eigenvalue weighted by Crippen LogP contribution is 2.37. The number of carbonyl (C=O) groups is 2. The molecule has 1 aromatic carbocycles. The monoisotopic (exact) mass is 453 g/mol. The topological polar surface area (TPSA) is 80.8 Å². The molecule has 2 atom stereocenters. The van der Waals surface area contributed by atoms with Crippen LogP contribution in [0.25, 0.3) is 0 Å². The number of pyridine rings is 1. The number of amides is 2. The van der Waals surface area contributed by atoms with Gasteiger partial charge in [0.15, 0.2) is 11.5 Å². The molecule has 32 heavy (non-hydrogen) atoms. The number of fused-ring (bicyclic) bond motifs is 2. The minimum atomic E-state index is -0.166. The molecule has 3 aliphatic rings. The number of thioether (sulfide) groups is 1. The highest BCUT2D eigenvalue weighted by atomic mass is 32.2. The number of likely N-dealkylation sites (tertiary alicyclic amines) is 1. The molecule has 2 amide bonds. The maximum atomic E-state index is 13.3. The minimum absolute atomic E-state index is 0.0285. The minimum Gasteiger partial charge on any atom is -0.454 e. The fraction of sp³-hybridized carbons (Fsp3) is 0.458. The third-order valence-corrected chi connectivity index (χ3v) is 7.58. The van der Waals surface area contributed by atoms with Crippen LogP contribution in [0.3, 0.4) is 0 Å². The highest BCUT2D eigenvalue weighted by Gasteiger charge is 2.33. The lowest BCUT2D eigenvalue weighted by Crippen LogP contribution is -2.44. The Morgan fingerprint density at radius 2 is 1.94 bits per heavy atom. The van der Waals surface area contributed by atoms with Crippen molar-refractivity contribution >= 4 is 29.3 Å². The zero-order valence-electron chi connectivity index (χ0n) is 17.9. The SMILES string of the molecule is O=C(CSc1ncccc1C(=O)N1CC[C@@H]2CCCC[C@H]2C1)Nc1ccc2c(c1)OCO2. The van der Waals surface area contributed by atoms with Gasteiger partial charge in [-0.15, -0.1) is 0 Å². The quantitative estimate of drug-likeness (QED) is 0.684. The molecule has 1 saturated heterocycles. The van der Waals surface area contributed by atoms with Crippen LogP contribution in [0.4, 0.5) is 5.69 Å². The molecule has 0 unspecified atom stereocenters. The lowest BCUT2D eigenvalue weighted by atomic mass is 9.75. The first-order chi connectivity index (χ1) is 15.7. The summed E-state index contributed by atoms with van der Waals surface area (Å²) in [4.78, 5) is 32.2. The molecule has 0 radical (unpaired) electrons. The molecule has 168 valence electrons. The van der Waals surface area contributed by atoms with E-state index in [0.29, 0.717) is 33.7 Å². The van der Waals surface area contributed by atoms with Gasteiger partial charge in [-0.3, -0.25) is 9.59 Å². The number of hydrogen-bond acceptors (Lipinski definition) is 6. The van der Waals surface area contributed by atoms with Gasteiger partial charge in [0.25, 0.3) is 5.91 Å². The molecule has 2 aliphatic heterocycles. The second-order valence-electron chi connectivity index (χ2n) is 8.61. The summed E-state index contributed by atoms with van der Waals surface area (Å²) < 4.78 is 10.6. The van der Waals surface area contributed by atoms with E-state index in [9.17, 15) is 9.59 Å². The fourth-order valence-corrected chi connectivity index (χ4v) is 5.72. The predicted molar refractivity (Wildman–Crippen MR) is 122 cm³/mol. The molecule has 0 bridgehead atoms. The molecule has 1 N–H and O–H groups in total. The Morgan fingerprint density at radius 1 is 1.09 bits per heavy atom. The summed E-state index contributed by atoms with van der Waals surface area (Å²) >= 11 is 1.29. The number of nitrogens with one attached hydrogen (secondary N) is 1. The molecular formula is C24H27N3O4S. The standard InChI is InChI=1S/C24H27N3O4S/c28-22(26-18-7-8-20-21(12-18)31-15-30-20)14-32-23-19(6-3-10-25-23)24(29)27-11-9-16-4-1-2-5-17(16)13-27/h3,6-8,10,12,16-17H,1-2,4-5,9,11,13-15H2,(H,26,28)/t16-,17-/m0/s1. The van der Waals surface area contributed by atoms with E-state index in [1.165, 1.54) is 37.4 Å². The number of benzene rings is 1. The van der Waals surface area contributed by atoms with Gasteiger partial charge in [-0.2, -0.15) is 0 Å². The second-order valence-corrected chi connectivity index (χ2v) is 9.57. The van der Waals surface area contributed by atoms with Gasteiger partial charge in [0.1, 0.15) is 5.03 Å². The third-order valence-electron chi connectivity index (χ3n) is 6.58. The van der Waals surface area contributed by atoms with E-state index in [1.54, 1.807) is 30.5 Å². The molecule has 2 aromatic rings. The van der Waals surface area contributed by atoms with Crippen molar-refractivity contribution in [2.45, 2.75) is 37.1 Å². The summed E-state index contributed by atoms with van der Waals surface area (Å²) in [5, 5.41) is 3.47. The lowest BCUT2D eigenvalue weighted by Gasteiger charge is -2.41. The number of aromatic nitrogens is 1. The molecule has 1 saturated carbocycles. The molecule has 8 heteroatoms. The number of ether oxygens (including phenoxy) is 2. The Morgan fingerprint density at radius 3 is 2.84 bits per heavy atom. The predicted octanol–water partition coefficient (Wildman–Crippen LogP) is 4.19. The Labute approximate surface area is 191 Å². The van der Waals surface area contributed by atoms with Crippen molar-refractivity contribution in [3.05, 3.63) is 42.1 Å². The van der Waals surface area contributed by atoms with Crippen LogP contribution in [0.5, 0.6) is 11.5 Å². The zero-order chi connectivity index (χ0) is 21.9. The molecule has 5 rings (SSSR count). The van der Waals surface area contributed by atoms with Crippen molar-refractivity contribution in [1.82, 2.24) is 9.88 Å². The maximum Gasteiger partial charge on any atom is 0.256 e. The number of anilines is 1. The highest BCUT2D eigenvalue weighted by molar-refractivity contribution is 8.00. The first kappa shape index (κ1) is 21.1. The van der Waals surface area contributed by atoms with Gasteiger partial charge in [0.05, 0.1) is 11.3 Å². The maximum absolute atomic E-state index is 13.3. The van der Waals surface area contributed by atoms with E-state index in [2.05, 4.69) is 10.3 Å². The van der Waals surface area contributed by atoms with E-state index in [-0.39, 0.29) is 24.4 Å². The number of carbonyl (C=O) groups excluding carboxylic acids is 2. The summed E-state index contributed by atoms with van der Waals surface area (Å²) in [5.74, 6) is 2.72. The lowest BCUT2D eigenvalue weighted by molar-refractivity contribution is -0.113. The average molecular weight is 454 g/mol. The van der Waals surface area contributed by atoms with Crippen molar-refractivity contribution in [1.29, 1.82) is 0 Å². The summed E-state index contributed by atoms with van der Waals surface area (Å²) in [7, 11) is 0. The molecule has 7 nitrogen and oxygen atoms in total. The molecule has 3 heterocycles. The van der Waals surface area contributed by atoms with Gasteiger partial charge < -0.3 is 19.7 Å². The summed E-state index contributed by atoms with van der Waals surface area (Å²) in [6, 6.07) is 8.91. The Balaban J connectivity index is 1.20. The van der Waals surface area contributed by atoms with E-state index in [4.69, 9.17) is 9.47 Å². The van der Waals surface area contributed by atoms with Crippen molar-refractivity contribution in [2.24, 2.45) is 11.8 Å². The average Bonchev–Trinajstić information content (AvgIpc) is 3.30. The van der Waals surface area contributed by atoms with Gasteiger partial charge >= 0.3 is 0 Å². The van der Waals surface area contributed by atoms with Crippen LogP contribution in [0.15, 0.2) is 41.6 Å². The largest absolute Gasteiger partial charge is 0.454 e. The zero-order valence-corrected chi connectivity index (χ0v) is 18.7. The van der Waals surface area contributed by atoms with Crippen LogP contribution < -0.4 is 14.8 Å². The van der Waals surface area contributed by atoms with Gasteiger partial charge in [0.2, 0.25) is 12.7 Å². The number of nitrogens with zero attached hydrogens (tertiary/aromatic N) is 2. The van der Waals surface area contributed by atoms with E-state index in [1.807, 2.05) is 11.0 Å². The van der Waals surface area contributed by atoms with Crippen LogP contribution in [-0.4, -0.2) is 47.3 Å². The number of hydrogen-bond donors (Lipinski definition) is 1. The van der Waals surface area contributed by atoms with Gasteiger partial charge in [0, 0.05) is 31.0 Å². The first-order valence-corrected chi connectivity index (χ1v) is 12.2. The number of rotatable bonds is 5. The normalized spacial score (nSPS) is 21.7. The van der Waals surface area contributed by atoms with Gasteiger partial charge in [-0.25, -0.2) is 4.98 Å². The van der Waals surface area contributed by atoms with Gasteiger partial charge in [-0.05, 0) is 48.9 Å². The van der Waals surface area contributed by atoms with Crippen LogP contribution in [0, 0.1) is 11.8 Å². The van der Waals surface area contributed by atoms with Crippen molar-refractivity contribution in [3.8, 4) is 11.5 Å². The molecule has 1 aliphatic carbocycles. The second kappa shape index (κ2) is 9.40. The van der Waals surface area contributed by atoms with Crippen LogP contribution in [0.1, 0.15) is 42.5 Å². The van der Waals surface area contributed by atoms with Crippen molar-refractivity contribution in [3.63, 3.8) is 0 Å². The fourth-order valence-electron chi connectivity index (χ4n) is 4.93. The summed E-state index contributed by atoms with van der Waals surface area (Å²) in [6.07, 6.45) is 7.89. The Hall–Kier alpha value is -2.74. The summed E-state index contributed by atoms with van der Waals surface area (Å²) in [5.41, 5.74) is 1.23. The Kier molecular flexibility index (Phi) is 6.21. The molecule has 0 spiro atoms. The van der Waals surface area contributed by atoms with Crippen molar-refractivity contribution in [2.75, 3.05) is 31.0 Å². The van der Waals surface area contributed by atoms with E-state index < -0.39 is 0 Å². The third kappa shape index (κ3) is 4.55. The van der Waals surface area contributed by atoms with Crippen molar-refractivity contribution < 1.29 is 19.1 Å². The molecule has 1 aromatic heterocycles. The smallest absolute Gasteiger partial charge is 0.256 e. The van der Waals surface area contributed by atoms with Crippen LogP contribution in [0.2, 0.25) is 0 Å². The molecular weight excluding hydrogens is 426 g/mol. The van der Waals surface area contributed by atoms with Gasteiger partial charge in [-0.1, -0.05) is 31.0 Å². The Bertz CT molecular complexity index is 1010. The summed E-state index contributed by atoms with van der Waals surface area (Å²) in [6.45, 7) is 1.84. The van der Waals surface area contributed by atoms with Crippen LogP contribution >= 0.6 is 11.8 Å². The molecule has 2 fully saturated rings. The number of piperidine rings is 1. The van der Waals surface area contributed by atoms with E-state index >= 15 is 0 Å².